The lowest BCUT2D eigenvalue weighted by Crippen LogP contribution is -2.34. The standard InChI is InChI=1S/C17H30N2O/c1-5-15-8-10-16(11-9-15)17(18-6-2)14-19(4)12-13-20-7-3/h8-11,17-18H,5-7,12-14H2,1-4H3. The summed E-state index contributed by atoms with van der Waals surface area (Å²) in [6.07, 6.45) is 1.10. The fourth-order valence-corrected chi connectivity index (χ4v) is 2.29. The van der Waals surface area contributed by atoms with Gasteiger partial charge in [0.1, 0.15) is 0 Å². The van der Waals surface area contributed by atoms with Crippen molar-refractivity contribution in [2.45, 2.75) is 33.2 Å². The van der Waals surface area contributed by atoms with E-state index in [1.165, 1.54) is 11.1 Å². The van der Waals surface area contributed by atoms with E-state index in [0.29, 0.717) is 6.04 Å². The molecule has 0 aromatic heterocycles. The SMILES string of the molecule is CCNC(CN(C)CCOCC)c1ccc(CC)cc1. The Morgan fingerprint density at radius 1 is 1.15 bits per heavy atom. The first-order valence-corrected chi connectivity index (χ1v) is 7.79. The largest absolute Gasteiger partial charge is 0.380 e. The van der Waals surface area contributed by atoms with E-state index in [4.69, 9.17) is 4.74 Å². The maximum absolute atomic E-state index is 5.42. The van der Waals surface area contributed by atoms with E-state index in [1.54, 1.807) is 0 Å². The molecule has 20 heavy (non-hydrogen) atoms. The molecule has 114 valence electrons. The van der Waals surface area contributed by atoms with Crippen molar-refractivity contribution >= 4 is 0 Å². The molecule has 0 aliphatic heterocycles. The Morgan fingerprint density at radius 3 is 2.40 bits per heavy atom. The predicted octanol–water partition coefficient (Wildman–Crippen LogP) is 2.87. The van der Waals surface area contributed by atoms with Gasteiger partial charge in [0.15, 0.2) is 0 Å². The van der Waals surface area contributed by atoms with E-state index in [-0.39, 0.29) is 0 Å². The molecular formula is C17H30N2O. The molecule has 0 spiro atoms. The third kappa shape index (κ3) is 6.04. The van der Waals surface area contributed by atoms with Gasteiger partial charge in [0.05, 0.1) is 6.61 Å². The third-order valence-electron chi connectivity index (χ3n) is 3.56. The zero-order chi connectivity index (χ0) is 14.8. The Kier molecular flexibility index (Phi) is 8.51. The molecule has 1 rings (SSSR count). The van der Waals surface area contributed by atoms with Crippen LogP contribution in [0.15, 0.2) is 24.3 Å². The minimum atomic E-state index is 0.387. The molecule has 1 unspecified atom stereocenters. The summed E-state index contributed by atoms with van der Waals surface area (Å²) in [4.78, 5) is 2.33. The highest BCUT2D eigenvalue weighted by molar-refractivity contribution is 5.25. The van der Waals surface area contributed by atoms with Crippen LogP contribution in [0.2, 0.25) is 0 Å². The average Bonchev–Trinajstić information content (AvgIpc) is 2.47. The van der Waals surface area contributed by atoms with Crippen LogP contribution < -0.4 is 5.32 Å². The number of likely N-dealkylation sites (N-methyl/N-ethyl adjacent to an activating group) is 2. The number of hydrogen-bond donors (Lipinski definition) is 1. The van der Waals surface area contributed by atoms with Crippen molar-refractivity contribution in [3.05, 3.63) is 35.4 Å². The van der Waals surface area contributed by atoms with Gasteiger partial charge in [0.2, 0.25) is 0 Å². The number of ether oxygens (including phenoxy) is 1. The summed E-state index contributed by atoms with van der Waals surface area (Å²) >= 11 is 0. The molecule has 3 nitrogen and oxygen atoms in total. The van der Waals surface area contributed by atoms with Gasteiger partial charge >= 0.3 is 0 Å². The summed E-state index contributed by atoms with van der Waals surface area (Å²) in [6, 6.07) is 9.36. The fraction of sp³-hybridized carbons (Fsp3) is 0.647. The minimum absolute atomic E-state index is 0.387. The molecule has 0 fully saturated rings. The van der Waals surface area contributed by atoms with Crippen molar-refractivity contribution in [2.24, 2.45) is 0 Å². The lowest BCUT2D eigenvalue weighted by molar-refractivity contribution is 0.119. The van der Waals surface area contributed by atoms with Crippen LogP contribution in [0.5, 0.6) is 0 Å². The zero-order valence-electron chi connectivity index (χ0n) is 13.5. The first-order valence-electron chi connectivity index (χ1n) is 7.79. The van der Waals surface area contributed by atoms with Gasteiger partial charge in [-0.25, -0.2) is 0 Å². The first kappa shape index (κ1) is 17.2. The Bertz CT molecular complexity index is 351. The Hall–Kier alpha value is -0.900. The minimum Gasteiger partial charge on any atom is -0.380 e. The molecular weight excluding hydrogens is 248 g/mol. The second kappa shape index (κ2) is 9.92. The molecule has 1 aromatic carbocycles. The van der Waals surface area contributed by atoms with Gasteiger partial charge in [-0.05, 0) is 38.1 Å². The summed E-state index contributed by atoms with van der Waals surface area (Å²) < 4.78 is 5.42. The summed E-state index contributed by atoms with van der Waals surface area (Å²) in [5.74, 6) is 0. The smallest absolute Gasteiger partial charge is 0.0593 e. The Labute approximate surface area is 124 Å². The average molecular weight is 278 g/mol. The van der Waals surface area contributed by atoms with Gasteiger partial charge in [-0.15, -0.1) is 0 Å². The number of nitrogens with one attached hydrogen (secondary N) is 1. The fourth-order valence-electron chi connectivity index (χ4n) is 2.29. The highest BCUT2D eigenvalue weighted by Crippen LogP contribution is 2.15. The quantitative estimate of drug-likeness (QED) is 0.666. The van der Waals surface area contributed by atoms with Crippen molar-refractivity contribution in [1.82, 2.24) is 10.2 Å². The number of nitrogens with zero attached hydrogens (tertiary/aromatic N) is 1. The third-order valence-corrected chi connectivity index (χ3v) is 3.56. The lowest BCUT2D eigenvalue weighted by Gasteiger charge is -2.25. The Balaban J connectivity index is 2.57. The van der Waals surface area contributed by atoms with Crippen LogP contribution in [-0.2, 0) is 11.2 Å². The van der Waals surface area contributed by atoms with Gasteiger partial charge in [-0.2, -0.15) is 0 Å². The van der Waals surface area contributed by atoms with Crippen LogP contribution in [0.1, 0.15) is 37.9 Å². The molecule has 1 N–H and O–H groups in total. The van der Waals surface area contributed by atoms with Crippen LogP contribution in [0.3, 0.4) is 0 Å². The number of hydrogen-bond acceptors (Lipinski definition) is 3. The van der Waals surface area contributed by atoms with Gasteiger partial charge < -0.3 is 15.0 Å². The highest BCUT2D eigenvalue weighted by Gasteiger charge is 2.12. The highest BCUT2D eigenvalue weighted by atomic mass is 16.5. The number of aryl methyl sites for hydroxylation is 1. The molecule has 0 saturated carbocycles. The maximum atomic E-state index is 5.42. The molecule has 0 aliphatic rings. The van der Waals surface area contributed by atoms with Gasteiger partial charge in [-0.3, -0.25) is 0 Å². The topological polar surface area (TPSA) is 24.5 Å². The zero-order valence-corrected chi connectivity index (χ0v) is 13.5. The van der Waals surface area contributed by atoms with E-state index in [0.717, 1.165) is 39.3 Å². The van der Waals surface area contributed by atoms with Gasteiger partial charge in [0, 0.05) is 25.7 Å². The van der Waals surface area contributed by atoms with Crippen LogP contribution in [0, 0.1) is 0 Å². The number of rotatable bonds is 10. The van der Waals surface area contributed by atoms with E-state index < -0.39 is 0 Å². The molecule has 3 heteroatoms. The second-order valence-corrected chi connectivity index (χ2v) is 5.16. The molecule has 0 amide bonds. The molecule has 1 aromatic rings. The van der Waals surface area contributed by atoms with Gasteiger partial charge in [0.25, 0.3) is 0 Å². The molecule has 0 aliphatic carbocycles. The molecule has 0 radical (unpaired) electrons. The van der Waals surface area contributed by atoms with Crippen molar-refractivity contribution in [3.63, 3.8) is 0 Å². The number of benzene rings is 1. The molecule has 0 heterocycles. The lowest BCUT2D eigenvalue weighted by atomic mass is 10.0. The summed E-state index contributed by atoms with van der Waals surface area (Å²) in [5, 5.41) is 3.58. The van der Waals surface area contributed by atoms with Crippen LogP contribution in [0.25, 0.3) is 0 Å². The molecule has 0 bridgehead atoms. The Morgan fingerprint density at radius 2 is 1.85 bits per heavy atom. The summed E-state index contributed by atoms with van der Waals surface area (Å²) in [5.41, 5.74) is 2.76. The maximum Gasteiger partial charge on any atom is 0.0593 e. The van der Waals surface area contributed by atoms with E-state index in [1.807, 2.05) is 6.92 Å². The van der Waals surface area contributed by atoms with Crippen molar-refractivity contribution in [3.8, 4) is 0 Å². The van der Waals surface area contributed by atoms with Crippen molar-refractivity contribution in [1.29, 1.82) is 0 Å². The van der Waals surface area contributed by atoms with Crippen LogP contribution >= 0.6 is 0 Å². The van der Waals surface area contributed by atoms with Gasteiger partial charge in [-0.1, -0.05) is 38.1 Å². The van der Waals surface area contributed by atoms with Crippen LogP contribution in [0.4, 0.5) is 0 Å². The molecule has 1 atom stereocenters. The van der Waals surface area contributed by atoms with Crippen molar-refractivity contribution < 1.29 is 4.74 Å². The summed E-state index contributed by atoms with van der Waals surface area (Å²) in [6.45, 7) is 11.0. The normalized spacial score (nSPS) is 12.8. The predicted molar refractivity (Wildman–Crippen MR) is 86.2 cm³/mol. The molecule has 0 saturated heterocycles. The first-order chi connectivity index (χ1) is 9.71. The van der Waals surface area contributed by atoms with Crippen molar-refractivity contribution in [2.75, 3.05) is 39.9 Å². The van der Waals surface area contributed by atoms with E-state index in [2.05, 4.69) is 55.4 Å². The van der Waals surface area contributed by atoms with Crippen LogP contribution in [-0.4, -0.2) is 44.8 Å². The van der Waals surface area contributed by atoms with E-state index >= 15 is 0 Å². The monoisotopic (exact) mass is 278 g/mol. The summed E-state index contributed by atoms with van der Waals surface area (Å²) in [7, 11) is 2.16. The van der Waals surface area contributed by atoms with E-state index in [9.17, 15) is 0 Å². The second-order valence-electron chi connectivity index (χ2n) is 5.16.